The van der Waals surface area contributed by atoms with Crippen molar-refractivity contribution in [1.82, 2.24) is 9.97 Å². The Morgan fingerprint density at radius 3 is 3.17 bits per heavy atom. The molecule has 0 atom stereocenters. The maximum atomic E-state index is 10.6. The van der Waals surface area contributed by atoms with Crippen LogP contribution in [0, 0.1) is 0 Å². The SMILES string of the molecule is O=Cc1c[nH]c2ccnc(Br)c12. The van der Waals surface area contributed by atoms with E-state index in [1.54, 1.807) is 12.4 Å². The van der Waals surface area contributed by atoms with Gasteiger partial charge in [-0.2, -0.15) is 0 Å². The van der Waals surface area contributed by atoms with Gasteiger partial charge in [-0.3, -0.25) is 4.79 Å². The first-order chi connectivity index (χ1) is 5.83. The van der Waals surface area contributed by atoms with E-state index in [0.717, 1.165) is 17.2 Å². The molecule has 0 bridgehead atoms. The number of H-pyrrole nitrogens is 1. The van der Waals surface area contributed by atoms with Crippen molar-refractivity contribution in [2.45, 2.75) is 0 Å². The quantitative estimate of drug-likeness (QED) is 0.596. The van der Waals surface area contributed by atoms with Crippen LogP contribution in [0.25, 0.3) is 10.9 Å². The number of aromatic amines is 1. The number of halogens is 1. The van der Waals surface area contributed by atoms with Crippen molar-refractivity contribution >= 4 is 33.1 Å². The summed E-state index contributed by atoms with van der Waals surface area (Å²) < 4.78 is 0.698. The molecule has 2 aromatic rings. The van der Waals surface area contributed by atoms with E-state index in [4.69, 9.17) is 0 Å². The van der Waals surface area contributed by atoms with E-state index < -0.39 is 0 Å². The molecule has 2 rings (SSSR count). The van der Waals surface area contributed by atoms with Crippen LogP contribution in [0.15, 0.2) is 23.1 Å². The normalized spacial score (nSPS) is 10.4. The Labute approximate surface area is 76.9 Å². The van der Waals surface area contributed by atoms with Crippen LogP contribution in [0.2, 0.25) is 0 Å². The number of hydrogen-bond donors (Lipinski definition) is 1. The highest BCUT2D eigenvalue weighted by atomic mass is 79.9. The topological polar surface area (TPSA) is 45.8 Å². The number of carbonyl (C=O) groups excluding carboxylic acids is 1. The van der Waals surface area contributed by atoms with Crippen LogP contribution in [0.4, 0.5) is 0 Å². The maximum Gasteiger partial charge on any atom is 0.152 e. The van der Waals surface area contributed by atoms with Gasteiger partial charge in [-0.15, -0.1) is 0 Å². The van der Waals surface area contributed by atoms with Gasteiger partial charge in [0.2, 0.25) is 0 Å². The van der Waals surface area contributed by atoms with Gasteiger partial charge in [0.1, 0.15) is 4.60 Å². The molecule has 3 nitrogen and oxygen atoms in total. The van der Waals surface area contributed by atoms with Crippen LogP contribution >= 0.6 is 15.9 Å². The minimum Gasteiger partial charge on any atom is -0.360 e. The van der Waals surface area contributed by atoms with Crippen LogP contribution in [0.3, 0.4) is 0 Å². The van der Waals surface area contributed by atoms with E-state index in [-0.39, 0.29) is 0 Å². The zero-order valence-electron chi connectivity index (χ0n) is 6.04. The van der Waals surface area contributed by atoms with Crippen molar-refractivity contribution in [3.05, 3.63) is 28.6 Å². The number of rotatable bonds is 1. The third-order valence-corrected chi connectivity index (χ3v) is 2.30. The van der Waals surface area contributed by atoms with Gasteiger partial charge in [0.05, 0.1) is 5.52 Å². The molecule has 2 heterocycles. The molecule has 0 saturated carbocycles. The minimum absolute atomic E-state index is 0.630. The van der Waals surface area contributed by atoms with Gasteiger partial charge >= 0.3 is 0 Å². The second kappa shape index (κ2) is 2.71. The van der Waals surface area contributed by atoms with Crippen molar-refractivity contribution < 1.29 is 4.79 Å². The lowest BCUT2D eigenvalue weighted by Gasteiger charge is -1.92. The van der Waals surface area contributed by atoms with Crippen LogP contribution < -0.4 is 0 Å². The Morgan fingerprint density at radius 1 is 1.58 bits per heavy atom. The van der Waals surface area contributed by atoms with Gasteiger partial charge in [-0.1, -0.05) is 0 Å². The average Bonchev–Trinajstić information content (AvgIpc) is 2.49. The number of aldehydes is 1. The Morgan fingerprint density at radius 2 is 2.42 bits per heavy atom. The molecular weight excluding hydrogens is 220 g/mol. The fraction of sp³-hybridized carbons (Fsp3) is 0. The van der Waals surface area contributed by atoms with Gasteiger partial charge < -0.3 is 4.98 Å². The first-order valence-electron chi connectivity index (χ1n) is 3.39. The van der Waals surface area contributed by atoms with Crippen LogP contribution in [-0.2, 0) is 0 Å². The summed E-state index contributed by atoms with van der Waals surface area (Å²) in [4.78, 5) is 17.6. The first-order valence-corrected chi connectivity index (χ1v) is 4.19. The van der Waals surface area contributed by atoms with E-state index in [0.29, 0.717) is 10.2 Å². The second-order valence-electron chi connectivity index (χ2n) is 2.39. The Kier molecular flexibility index (Phi) is 1.69. The molecule has 0 aliphatic carbocycles. The molecule has 2 aromatic heterocycles. The molecule has 60 valence electrons. The van der Waals surface area contributed by atoms with Gasteiger partial charge in [0.25, 0.3) is 0 Å². The zero-order chi connectivity index (χ0) is 8.55. The molecule has 0 aromatic carbocycles. The molecule has 1 N–H and O–H groups in total. The number of fused-ring (bicyclic) bond motifs is 1. The molecule has 0 amide bonds. The summed E-state index contributed by atoms with van der Waals surface area (Å²) in [5.74, 6) is 0. The summed E-state index contributed by atoms with van der Waals surface area (Å²) in [5, 5.41) is 0.840. The standard InChI is InChI=1S/C8H5BrN2O/c9-8-7-5(4-12)3-11-6(7)1-2-10-8/h1-4,11H. The van der Waals surface area contributed by atoms with E-state index in [2.05, 4.69) is 25.9 Å². The summed E-state index contributed by atoms with van der Waals surface area (Å²) in [7, 11) is 0. The summed E-state index contributed by atoms with van der Waals surface area (Å²) in [6.07, 6.45) is 4.16. The number of carbonyl (C=O) groups is 1. The highest BCUT2D eigenvalue weighted by Gasteiger charge is 2.05. The number of nitrogens with zero attached hydrogens (tertiary/aromatic N) is 1. The van der Waals surface area contributed by atoms with Crippen molar-refractivity contribution in [2.75, 3.05) is 0 Å². The number of aromatic nitrogens is 2. The summed E-state index contributed by atoms with van der Waals surface area (Å²) in [6, 6.07) is 1.83. The lowest BCUT2D eigenvalue weighted by atomic mass is 10.2. The smallest absolute Gasteiger partial charge is 0.152 e. The number of hydrogen-bond acceptors (Lipinski definition) is 2. The summed E-state index contributed by atoms with van der Waals surface area (Å²) >= 11 is 3.28. The fourth-order valence-electron chi connectivity index (χ4n) is 1.15. The average molecular weight is 225 g/mol. The zero-order valence-corrected chi connectivity index (χ0v) is 7.63. The molecule has 0 spiro atoms. The number of nitrogens with one attached hydrogen (secondary N) is 1. The Balaban J connectivity index is 2.91. The predicted octanol–water partition coefficient (Wildman–Crippen LogP) is 2.14. The van der Waals surface area contributed by atoms with Crippen LogP contribution in [0.1, 0.15) is 10.4 Å². The van der Waals surface area contributed by atoms with Crippen molar-refractivity contribution in [3.8, 4) is 0 Å². The Bertz CT molecular complexity index is 436. The van der Waals surface area contributed by atoms with Gasteiger partial charge in [0, 0.05) is 23.3 Å². The number of pyridine rings is 1. The van der Waals surface area contributed by atoms with Crippen LogP contribution in [-0.4, -0.2) is 16.3 Å². The third kappa shape index (κ3) is 0.956. The lowest BCUT2D eigenvalue weighted by molar-refractivity contribution is 0.112. The molecule has 0 unspecified atom stereocenters. The molecule has 0 fully saturated rings. The van der Waals surface area contributed by atoms with E-state index in [1.165, 1.54) is 0 Å². The predicted molar refractivity (Wildman–Crippen MR) is 49.2 cm³/mol. The molecule has 0 radical (unpaired) electrons. The largest absolute Gasteiger partial charge is 0.360 e. The molecule has 0 aliphatic rings. The van der Waals surface area contributed by atoms with Gasteiger partial charge in [0.15, 0.2) is 6.29 Å². The molecular formula is C8H5BrN2O. The minimum atomic E-state index is 0.630. The van der Waals surface area contributed by atoms with Gasteiger partial charge in [-0.05, 0) is 22.0 Å². The van der Waals surface area contributed by atoms with E-state index in [1.807, 2.05) is 6.07 Å². The maximum absolute atomic E-state index is 10.6. The first kappa shape index (κ1) is 7.49. The lowest BCUT2D eigenvalue weighted by Crippen LogP contribution is -1.79. The molecule has 4 heteroatoms. The Hall–Kier alpha value is -1.16. The monoisotopic (exact) mass is 224 g/mol. The summed E-state index contributed by atoms with van der Waals surface area (Å²) in [6.45, 7) is 0. The van der Waals surface area contributed by atoms with E-state index in [9.17, 15) is 4.79 Å². The molecule has 0 aliphatic heterocycles. The van der Waals surface area contributed by atoms with Crippen LogP contribution in [0.5, 0.6) is 0 Å². The summed E-state index contributed by atoms with van der Waals surface area (Å²) in [5.41, 5.74) is 1.55. The highest BCUT2D eigenvalue weighted by Crippen LogP contribution is 2.23. The second-order valence-corrected chi connectivity index (χ2v) is 3.14. The van der Waals surface area contributed by atoms with Crippen molar-refractivity contribution in [1.29, 1.82) is 0 Å². The van der Waals surface area contributed by atoms with Crippen molar-refractivity contribution in [3.63, 3.8) is 0 Å². The fourth-order valence-corrected chi connectivity index (χ4v) is 1.71. The third-order valence-electron chi connectivity index (χ3n) is 1.70. The highest BCUT2D eigenvalue weighted by molar-refractivity contribution is 9.10. The van der Waals surface area contributed by atoms with E-state index >= 15 is 0 Å². The van der Waals surface area contributed by atoms with Gasteiger partial charge in [-0.25, -0.2) is 4.98 Å². The molecule has 12 heavy (non-hydrogen) atoms. The van der Waals surface area contributed by atoms with Crippen molar-refractivity contribution in [2.24, 2.45) is 0 Å². The molecule has 0 saturated heterocycles.